The Morgan fingerprint density at radius 1 is 0.220 bits per heavy atom. The number of hydrogen-bond donors (Lipinski definition) is 0. The Balaban J connectivity index is 0.000000135. The molecule has 4 aliphatic rings. The van der Waals surface area contributed by atoms with Crippen LogP contribution < -0.4 is 9.47 Å². The molecule has 2 aliphatic carbocycles. The summed E-state index contributed by atoms with van der Waals surface area (Å²) in [7, 11) is 0. The van der Waals surface area contributed by atoms with Crippen molar-refractivity contribution in [2.75, 3.05) is 0 Å². The summed E-state index contributed by atoms with van der Waals surface area (Å²) in [5, 5.41) is 23.3. The van der Waals surface area contributed by atoms with Gasteiger partial charge in [-0.1, -0.05) is 352 Å². The fraction of sp³-hybridized carbons (Fsp3) is 0.0165. The molecule has 0 bridgehead atoms. The summed E-state index contributed by atoms with van der Waals surface area (Å²) >= 11 is 0. The fourth-order valence-electron chi connectivity index (χ4n) is 22.0. The molecule has 0 saturated heterocycles. The number of aromatic nitrogens is 3. The summed E-state index contributed by atoms with van der Waals surface area (Å²) in [6.45, 7) is 0. The van der Waals surface area contributed by atoms with Crippen LogP contribution in [0.15, 0.2) is 437 Å². The van der Waals surface area contributed by atoms with Gasteiger partial charge >= 0.3 is 0 Å². The van der Waals surface area contributed by atoms with Gasteiger partial charge in [0.15, 0.2) is 0 Å². The predicted octanol–water partition coefficient (Wildman–Crippen LogP) is 31.0. The van der Waals surface area contributed by atoms with Crippen molar-refractivity contribution in [1.29, 1.82) is 5.26 Å². The van der Waals surface area contributed by atoms with Crippen molar-refractivity contribution >= 4 is 86.7 Å². The maximum atomic E-state index is 9.64. The van der Waals surface area contributed by atoms with Gasteiger partial charge in [-0.25, -0.2) is 9.97 Å². The molecule has 20 aromatic carbocycles. The molecule has 0 atom stereocenters. The maximum Gasteiger partial charge on any atom is 0.132 e. The lowest BCUT2D eigenvalue weighted by molar-refractivity contribution is 0.437. The van der Waals surface area contributed by atoms with E-state index in [2.05, 4.69) is 435 Å². The zero-order chi connectivity index (χ0) is 83.6. The van der Waals surface area contributed by atoms with Gasteiger partial charge in [-0.05, 0) is 206 Å². The number of para-hydroxylation sites is 3. The molecule has 127 heavy (non-hydrogen) atoms. The first kappa shape index (κ1) is 71.8. The molecule has 0 N–H and O–H groups in total. The first-order chi connectivity index (χ1) is 62.9. The lowest BCUT2D eigenvalue weighted by Gasteiger charge is -2.39. The molecule has 0 fully saturated rings. The Kier molecular flexibility index (Phi) is 15.9. The number of rotatable bonds is 7. The number of pyridine rings is 2. The molecule has 2 spiro atoms. The zero-order valence-electron chi connectivity index (χ0n) is 68.7. The predicted molar refractivity (Wildman–Crippen MR) is 520 cm³/mol. The van der Waals surface area contributed by atoms with E-state index in [4.69, 9.17) is 19.4 Å². The van der Waals surface area contributed by atoms with E-state index in [-0.39, 0.29) is 0 Å². The van der Waals surface area contributed by atoms with Crippen LogP contribution in [0.2, 0.25) is 0 Å². The summed E-state index contributed by atoms with van der Waals surface area (Å²) in [5.41, 5.74) is 32.8. The van der Waals surface area contributed by atoms with Crippen LogP contribution in [0.5, 0.6) is 23.0 Å². The minimum Gasteiger partial charge on any atom is -0.457 e. The Morgan fingerprint density at radius 3 is 1.06 bits per heavy atom. The van der Waals surface area contributed by atoms with Crippen molar-refractivity contribution in [3.63, 3.8) is 0 Å². The molecule has 0 unspecified atom stereocenters. The van der Waals surface area contributed by atoms with Gasteiger partial charge in [-0.3, -0.25) is 0 Å². The van der Waals surface area contributed by atoms with E-state index >= 15 is 0 Å². The summed E-state index contributed by atoms with van der Waals surface area (Å²) in [6, 6.07) is 160. The van der Waals surface area contributed by atoms with Gasteiger partial charge < -0.3 is 14.0 Å². The summed E-state index contributed by atoms with van der Waals surface area (Å²) in [4.78, 5) is 11.1. The Morgan fingerprint density at radius 2 is 0.575 bits per heavy atom. The van der Waals surface area contributed by atoms with Crippen molar-refractivity contribution in [3.8, 4) is 124 Å². The highest BCUT2D eigenvalue weighted by Crippen LogP contribution is 2.65. The lowest BCUT2D eigenvalue weighted by Crippen LogP contribution is -2.32. The van der Waals surface area contributed by atoms with Crippen LogP contribution in [0.3, 0.4) is 0 Å². The first-order valence-corrected chi connectivity index (χ1v) is 43.4. The van der Waals surface area contributed by atoms with E-state index in [9.17, 15) is 5.26 Å². The molecular formula is C121H72N4O2. The highest BCUT2D eigenvalue weighted by molar-refractivity contribution is 6.23. The molecule has 5 heterocycles. The van der Waals surface area contributed by atoms with Crippen molar-refractivity contribution in [2.45, 2.75) is 10.8 Å². The van der Waals surface area contributed by atoms with Crippen LogP contribution in [0, 0.1) is 11.3 Å². The lowest BCUT2D eigenvalue weighted by atomic mass is 9.65. The van der Waals surface area contributed by atoms with Crippen molar-refractivity contribution in [1.82, 2.24) is 14.5 Å². The third kappa shape index (κ3) is 10.6. The Hall–Kier alpha value is -16.9. The highest BCUT2D eigenvalue weighted by Gasteiger charge is 2.53. The third-order valence-corrected chi connectivity index (χ3v) is 27.4. The van der Waals surface area contributed by atoms with Crippen LogP contribution in [0.1, 0.15) is 50.1 Å². The van der Waals surface area contributed by atoms with Crippen molar-refractivity contribution < 1.29 is 9.47 Å². The molecule has 2 aliphatic heterocycles. The quantitative estimate of drug-likeness (QED) is 0.117. The minimum atomic E-state index is -0.574. The Labute approximate surface area is 732 Å². The van der Waals surface area contributed by atoms with Crippen LogP contribution in [0.4, 0.5) is 0 Å². The number of benzene rings is 20. The number of fused-ring (bicyclic) bond motifs is 29. The number of nitriles is 1. The maximum absolute atomic E-state index is 9.64. The van der Waals surface area contributed by atoms with Crippen molar-refractivity contribution in [3.05, 3.63) is 487 Å². The molecule has 6 heteroatoms. The van der Waals surface area contributed by atoms with Crippen LogP contribution >= 0.6 is 0 Å². The van der Waals surface area contributed by atoms with E-state index in [0.717, 1.165) is 155 Å². The highest BCUT2D eigenvalue weighted by atomic mass is 16.5. The van der Waals surface area contributed by atoms with E-state index in [1.54, 1.807) is 0 Å². The molecule has 588 valence electrons. The third-order valence-electron chi connectivity index (χ3n) is 27.4. The standard InChI is InChI=1S/C64H39NO.C57H33N3O/c1-3-17-40(18-4-1)41-31-33-42(34-32-41)61-48-23-7-9-25-50(48)62(51-26-10-8-24-49(51)61)44-35-36-47-52-38-57-60(39-53(52)63(65-58(47)37-44)43-19-5-2-6-20-43)66-59-30-16-15-29-56(59)64(57)54-27-13-11-21-45(54)46-22-12-14-28-55(46)64;58-34-35-22-29-53-45(30-35)43-16-6-10-20-52(43)60(53)39-26-23-36(24-27-39)38-25-28-42-44-32-50-55(33-46(44)56(59-51(42)31-38)37-12-2-1-3-13-37)61-54-21-11-9-19-49(54)57(50)47-17-7-4-14-40(47)41-15-5-8-18-48(41)57/h1-39H;1-33H. The first-order valence-electron chi connectivity index (χ1n) is 43.4. The topological polar surface area (TPSA) is 73.0 Å². The Bertz CT molecular complexity index is 8500. The minimum absolute atomic E-state index is 0.565. The molecule has 23 aromatic rings. The average Bonchev–Trinajstić information content (AvgIpc) is 1.55. The number of nitrogens with zero attached hydrogens (tertiary/aromatic N) is 4. The van der Waals surface area contributed by atoms with E-state index in [0.29, 0.717) is 5.56 Å². The second kappa shape index (κ2) is 28.1. The SMILES string of the molecule is N#Cc1ccc2c(c1)c1ccccc1n2-c1ccc(-c2ccc3c(c2)nc(-c2ccccc2)c2cc4c(cc23)C2(c3ccccc3O4)c3ccccc3-c3ccccc32)cc1.c1ccc(-c2ccc(-c3c4ccccc4c(-c4ccc5c(c4)nc(-c4ccccc4)c4cc6c(cc45)C4(c5ccccc5O6)c5ccccc5-c5ccccc54)c4ccccc34)cc2)cc1. The molecule has 0 radical (unpaired) electrons. The van der Waals surface area contributed by atoms with Gasteiger partial charge in [-0.2, -0.15) is 5.26 Å². The van der Waals surface area contributed by atoms with E-state index in [1.807, 2.05) is 12.1 Å². The molecule has 0 saturated carbocycles. The molecular weight excluding hydrogens is 1540 g/mol. The molecule has 3 aromatic heterocycles. The van der Waals surface area contributed by atoms with Gasteiger partial charge in [0.1, 0.15) is 23.0 Å². The monoisotopic (exact) mass is 1610 g/mol. The van der Waals surface area contributed by atoms with Gasteiger partial charge in [0, 0.05) is 71.4 Å². The summed E-state index contributed by atoms with van der Waals surface area (Å²) in [5.74, 6) is 3.46. The van der Waals surface area contributed by atoms with Crippen molar-refractivity contribution in [2.24, 2.45) is 0 Å². The number of hydrogen-bond acceptors (Lipinski definition) is 5. The van der Waals surface area contributed by atoms with Gasteiger partial charge in [0.2, 0.25) is 0 Å². The second-order valence-corrected chi connectivity index (χ2v) is 33.8. The largest absolute Gasteiger partial charge is 0.457 e. The second-order valence-electron chi connectivity index (χ2n) is 33.8. The normalized spacial score (nSPS) is 13.1. The molecule has 27 rings (SSSR count). The van der Waals surface area contributed by atoms with Crippen LogP contribution in [-0.2, 0) is 10.8 Å². The summed E-state index contributed by atoms with van der Waals surface area (Å²) in [6.07, 6.45) is 0. The summed E-state index contributed by atoms with van der Waals surface area (Å²) < 4.78 is 16.2. The van der Waals surface area contributed by atoms with Gasteiger partial charge in [-0.15, -0.1) is 0 Å². The van der Waals surface area contributed by atoms with Gasteiger partial charge in [0.25, 0.3) is 0 Å². The van der Waals surface area contributed by atoms with E-state index in [1.165, 1.54) is 93.9 Å². The van der Waals surface area contributed by atoms with Crippen LogP contribution in [0.25, 0.3) is 182 Å². The zero-order valence-corrected chi connectivity index (χ0v) is 68.7. The van der Waals surface area contributed by atoms with Crippen LogP contribution in [-0.4, -0.2) is 14.5 Å². The number of ether oxygens (including phenoxy) is 2. The van der Waals surface area contributed by atoms with E-state index < -0.39 is 10.8 Å². The van der Waals surface area contributed by atoms with Gasteiger partial charge in [0.05, 0.1) is 55.9 Å². The molecule has 0 amide bonds. The average molecular weight is 1610 g/mol. The fourth-order valence-corrected chi connectivity index (χ4v) is 22.0. The smallest absolute Gasteiger partial charge is 0.132 e. The molecule has 6 nitrogen and oxygen atoms in total.